The molecule has 1 heterocycles. The van der Waals surface area contributed by atoms with E-state index in [-0.39, 0.29) is 11.8 Å². The van der Waals surface area contributed by atoms with Gasteiger partial charge in [-0.25, -0.2) is 8.42 Å². The maximum absolute atomic E-state index is 11.4. The van der Waals surface area contributed by atoms with Gasteiger partial charge in [0.1, 0.15) is 9.84 Å². The molecule has 1 rings (SSSR count). The van der Waals surface area contributed by atoms with Crippen LogP contribution in [0.4, 0.5) is 0 Å². The normalized spacial score (nSPS) is 20.4. The molecule has 1 atom stereocenters. The van der Waals surface area contributed by atoms with Gasteiger partial charge in [0.15, 0.2) is 0 Å². The number of ether oxygens (including phenoxy) is 1. The molecule has 0 radical (unpaired) electrons. The Morgan fingerprint density at radius 1 is 1.35 bits per heavy atom. The van der Waals surface area contributed by atoms with E-state index in [4.69, 9.17) is 4.74 Å². The SMILES string of the molecule is CCCNC(CC1CCOCC1)CS(C)(=O)=O. The maximum Gasteiger partial charge on any atom is 0.148 e. The number of nitrogens with one attached hydrogen (secondary N) is 1. The molecule has 0 spiro atoms. The Morgan fingerprint density at radius 2 is 2.00 bits per heavy atom. The number of hydrogen-bond acceptors (Lipinski definition) is 4. The molecule has 1 fully saturated rings. The lowest BCUT2D eigenvalue weighted by atomic mass is 9.93. The molecule has 0 aliphatic carbocycles. The van der Waals surface area contributed by atoms with Crippen LogP contribution in [0, 0.1) is 5.92 Å². The van der Waals surface area contributed by atoms with Crippen LogP contribution in [0.2, 0.25) is 0 Å². The second-order valence-corrected chi connectivity index (χ2v) is 7.22. The van der Waals surface area contributed by atoms with Crippen molar-refractivity contribution in [3.63, 3.8) is 0 Å². The molecular weight excluding hydrogens is 238 g/mol. The molecule has 0 amide bonds. The third kappa shape index (κ3) is 7.01. The molecule has 0 saturated carbocycles. The predicted octanol–water partition coefficient (Wildman–Crippen LogP) is 1.22. The van der Waals surface area contributed by atoms with Gasteiger partial charge >= 0.3 is 0 Å². The summed E-state index contributed by atoms with van der Waals surface area (Å²) in [5, 5.41) is 3.35. The number of rotatable bonds is 7. The molecule has 0 aromatic carbocycles. The van der Waals surface area contributed by atoms with Crippen LogP contribution in [-0.2, 0) is 14.6 Å². The molecule has 17 heavy (non-hydrogen) atoms. The molecule has 1 aliphatic rings. The Hall–Kier alpha value is -0.130. The first kappa shape index (κ1) is 14.9. The summed E-state index contributed by atoms with van der Waals surface area (Å²) >= 11 is 0. The number of hydrogen-bond donors (Lipinski definition) is 1. The van der Waals surface area contributed by atoms with Crippen molar-refractivity contribution in [2.24, 2.45) is 5.92 Å². The Balaban J connectivity index is 2.43. The van der Waals surface area contributed by atoms with Crippen LogP contribution in [-0.4, -0.2) is 46.2 Å². The van der Waals surface area contributed by atoms with Gasteiger partial charge in [-0.05, 0) is 38.1 Å². The summed E-state index contributed by atoms with van der Waals surface area (Å²) in [6, 6.07) is 0.105. The highest BCUT2D eigenvalue weighted by Crippen LogP contribution is 2.20. The van der Waals surface area contributed by atoms with Crippen molar-refractivity contribution >= 4 is 9.84 Å². The second kappa shape index (κ2) is 7.34. The zero-order valence-electron chi connectivity index (χ0n) is 10.9. The molecule has 0 aromatic heterocycles. The minimum Gasteiger partial charge on any atom is -0.381 e. The lowest BCUT2D eigenvalue weighted by molar-refractivity contribution is 0.0613. The smallest absolute Gasteiger partial charge is 0.148 e. The molecule has 0 bridgehead atoms. The highest BCUT2D eigenvalue weighted by molar-refractivity contribution is 7.90. The van der Waals surface area contributed by atoms with Crippen molar-refractivity contribution < 1.29 is 13.2 Å². The van der Waals surface area contributed by atoms with Gasteiger partial charge in [-0.3, -0.25) is 0 Å². The van der Waals surface area contributed by atoms with Gasteiger partial charge in [0.2, 0.25) is 0 Å². The molecule has 5 heteroatoms. The fourth-order valence-electron chi connectivity index (χ4n) is 2.31. The van der Waals surface area contributed by atoms with E-state index in [1.54, 1.807) is 0 Å². The topological polar surface area (TPSA) is 55.4 Å². The van der Waals surface area contributed by atoms with Crippen LogP contribution in [0.1, 0.15) is 32.6 Å². The summed E-state index contributed by atoms with van der Waals surface area (Å²) in [6.45, 7) is 4.64. The van der Waals surface area contributed by atoms with Gasteiger partial charge in [-0.15, -0.1) is 0 Å². The standard InChI is InChI=1S/C12H25NO3S/c1-3-6-13-12(10-17(2,14)15)9-11-4-7-16-8-5-11/h11-13H,3-10H2,1-2H3. The molecule has 1 unspecified atom stereocenters. The van der Waals surface area contributed by atoms with Crippen molar-refractivity contribution in [2.45, 2.75) is 38.6 Å². The van der Waals surface area contributed by atoms with E-state index in [1.165, 1.54) is 6.26 Å². The third-order valence-corrected chi connectivity index (χ3v) is 4.15. The lowest BCUT2D eigenvalue weighted by Crippen LogP contribution is -2.38. The van der Waals surface area contributed by atoms with Crippen LogP contribution in [0.15, 0.2) is 0 Å². The molecule has 102 valence electrons. The molecule has 1 aliphatic heterocycles. The summed E-state index contributed by atoms with van der Waals surface area (Å²) in [7, 11) is -2.90. The van der Waals surface area contributed by atoms with E-state index in [0.29, 0.717) is 5.92 Å². The molecule has 0 aromatic rings. The van der Waals surface area contributed by atoms with E-state index in [9.17, 15) is 8.42 Å². The van der Waals surface area contributed by atoms with Gasteiger partial charge in [0, 0.05) is 25.5 Å². The fraction of sp³-hybridized carbons (Fsp3) is 1.00. The van der Waals surface area contributed by atoms with Crippen molar-refractivity contribution in [1.29, 1.82) is 0 Å². The van der Waals surface area contributed by atoms with Gasteiger partial charge in [-0.2, -0.15) is 0 Å². The van der Waals surface area contributed by atoms with Gasteiger partial charge < -0.3 is 10.1 Å². The van der Waals surface area contributed by atoms with Crippen molar-refractivity contribution in [3.8, 4) is 0 Å². The lowest BCUT2D eigenvalue weighted by Gasteiger charge is -2.27. The van der Waals surface area contributed by atoms with Crippen LogP contribution >= 0.6 is 0 Å². The van der Waals surface area contributed by atoms with E-state index in [2.05, 4.69) is 12.2 Å². The average molecular weight is 263 g/mol. The summed E-state index contributed by atoms with van der Waals surface area (Å²) in [5.74, 6) is 0.865. The predicted molar refractivity (Wildman–Crippen MR) is 70.0 cm³/mol. The summed E-state index contributed by atoms with van der Waals surface area (Å²) < 4.78 is 28.1. The second-order valence-electron chi connectivity index (χ2n) is 5.03. The molecule has 1 saturated heterocycles. The van der Waals surface area contributed by atoms with Crippen molar-refractivity contribution in [3.05, 3.63) is 0 Å². The number of sulfone groups is 1. The Kier molecular flexibility index (Phi) is 6.44. The maximum atomic E-state index is 11.4. The van der Waals surface area contributed by atoms with Crippen molar-refractivity contribution in [1.82, 2.24) is 5.32 Å². The molecule has 1 N–H and O–H groups in total. The molecule has 4 nitrogen and oxygen atoms in total. The first-order valence-electron chi connectivity index (χ1n) is 6.50. The fourth-order valence-corrected chi connectivity index (χ4v) is 3.29. The largest absolute Gasteiger partial charge is 0.381 e. The van der Waals surface area contributed by atoms with E-state index in [1.807, 2.05) is 0 Å². The minimum absolute atomic E-state index is 0.105. The Bertz CT molecular complexity index is 297. The average Bonchev–Trinajstić information content (AvgIpc) is 2.25. The summed E-state index contributed by atoms with van der Waals surface area (Å²) in [4.78, 5) is 0. The molecular formula is C12H25NO3S. The zero-order chi connectivity index (χ0) is 12.7. The third-order valence-electron chi connectivity index (χ3n) is 3.15. The first-order chi connectivity index (χ1) is 8.01. The van der Waals surface area contributed by atoms with E-state index >= 15 is 0 Å². The quantitative estimate of drug-likeness (QED) is 0.750. The first-order valence-corrected chi connectivity index (χ1v) is 8.56. The monoisotopic (exact) mass is 263 g/mol. The van der Waals surface area contributed by atoms with E-state index in [0.717, 1.165) is 45.4 Å². The highest BCUT2D eigenvalue weighted by Gasteiger charge is 2.21. The minimum atomic E-state index is -2.90. The highest BCUT2D eigenvalue weighted by atomic mass is 32.2. The zero-order valence-corrected chi connectivity index (χ0v) is 11.8. The summed E-state index contributed by atoms with van der Waals surface area (Å²) in [5.41, 5.74) is 0. The van der Waals surface area contributed by atoms with Crippen molar-refractivity contribution in [2.75, 3.05) is 31.8 Å². The Morgan fingerprint density at radius 3 is 2.53 bits per heavy atom. The van der Waals surface area contributed by atoms with Crippen LogP contribution < -0.4 is 5.32 Å². The van der Waals surface area contributed by atoms with Crippen LogP contribution in [0.3, 0.4) is 0 Å². The van der Waals surface area contributed by atoms with Crippen LogP contribution in [0.25, 0.3) is 0 Å². The van der Waals surface area contributed by atoms with Gasteiger partial charge in [0.05, 0.1) is 5.75 Å². The van der Waals surface area contributed by atoms with E-state index < -0.39 is 9.84 Å². The van der Waals surface area contributed by atoms with Gasteiger partial charge in [-0.1, -0.05) is 6.92 Å². The van der Waals surface area contributed by atoms with Crippen LogP contribution in [0.5, 0.6) is 0 Å². The Labute approximate surface area is 105 Å². The van der Waals surface area contributed by atoms with Gasteiger partial charge in [0.25, 0.3) is 0 Å². The summed E-state index contributed by atoms with van der Waals surface area (Å²) in [6.07, 6.45) is 5.43.